The summed E-state index contributed by atoms with van der Waals surface area (Å²) in [6.07, 6.45) is -0.843. The number of rotatable bonds is 1. The van der Waals surface area contributed by atoms with Gasteiger partial charge in [0.2, 0.25) is 0 Å². The smallest absolute Gasteiger partial charge is 0.316 e. The number of aliphatic hydroxyl groups is 1. The third-order valence-corrected chi connectivity index (χ3v) is 2.18. The first kappa shape index (κ1) is 8.41. The van der Waals surface area contributed by atoms with Crippen LogP contribution in [0.2, 0.25) is 0 Å². The largest absolute Gasteiger partial charge is 0.495 e. The van der Waals surface area contributed by atoms with Crippen molar-refractivity contribution in [1.82, 2.24) is 0 Å². The summed E-state index contributed by atoms with van der Waals surface area (Å²) in [6, 6.07) is 3.46. The molecule has 0 aromatic heterocycles. The zero-order valence-corrected chi connectivity index (χ0v) is 7.28. The highest BCUT2D eigenvalue weighted by atomic mass is 16.6. The molecule has 1 aromatic carbocycles. The highest BCUT2D eigenvalue weighted by Crippen LogP contribution is 2.27. The second-order valence-corrected chi connectivity index (χ2v) is 2.92. The molecule has 0 fully saturated rings. The molecule has 0 aliphatic carbocycles. The second-order valence-electron chi connectivity index (χ2n) is 2.92. The topological polar surface area (TPSA) is 64.7 Å². The molecule has 68 valence electrons. The lowest BCUT2D eigenvalue weighted by Crippen LogP contribution is -2.16. The molecule has 5 heteroatoms. The van der Waals surface area contributed by atoms with Gasteiger partial charge in [0.05, 0.1) is 12.8 Å². The van der Waals surface area contributed by atoms with E-state index in [0.717, 1.165) is 11.0 Å². The molecule has 1 heterocycles. The van der Waals surface area contributed by atoms with Crippen LogP contribution in [0.4, 0.5) is 5.69 Å². The Labute approximate surface area is 76.5 Å². The number of anilines is 1. The number of aliphatic hydroxyl groups excluding tert-OH is 1. The number of nitrogen functional groups attached to an aromatic ring is 1. The molecule has 0 saturated carbocycles. The predicted molar refractivity (Wildman–Crippen MR) is 50.2 cm³/mol. The zero-order chi connectivity index (χ0) is 9.42. The van der Waals surface area contributed by atoms with E-state index in [-0.39, 0.29) is 0 Å². The van der Waals surface area contributed by atoms with Crippen molar-refractivity contribution >= 4 is 18.6 Å². The van der Waals surface area contributed by atoms with E-state index in [9.17, 15) is 5.11 Å². The minimum atomic E-state index is -0.843. The lowest BCUT2D eigenvalue weighted by Gasteiger charge is -2.09. The van der Waals surface area contributed by atoms with Crippen LogP contribution in [0.25, 0.3) is 0 Å². The fourth-order valence-electron chi connectivity index (χ4n) is 1.53. The summed E-state index contributed by atoms with van der Waals surface area (Å²) in [5.74, 6) is 0.606. The average molecular weight is 179 g/mol. The first-order chi connectivity index (χ1) is 6.24. The number of ether oxygens (including phenoxy) is 1. The van der Waals surface area contributed by atoms with Crippen LogP contribution in [0.1, 0.15) is 11.9 Å². The van der Waals surface area contributed by atoms with Crippen LogP contribution in [0.15, 0.2) is 12.1 Å². The predicted octanol–water partition coefficient (Wildman–Crippen LogP) is -0.725. The van der Waals surface area contributed by atoms with Crippen LogP contribution < -0.4 is 15.9 Å². The van der Waals surface area contributed by atoms with Crippen LogP contribution in [-0.2, 0) is 4.65 Å². The van der Waals surface area contributed by atoms with Gasteiger partial charge in [-0.15, -0.1) is 0 Å². The Hall–Kier alpha value is -1.20. The average Bonchev–Trinajstić information content (AvgIpc) is 2.48. The van der Waals surface area contributed by atoms with Gasteiger partial charge in [0.25, 0.3) is 0 Å². The van der Waals surface area contributed by atoms with Crippen molar-refractivity contribution in [2.45, 2.75) is 6.29 Å². The summed E-state index contributed by atoms with van der Waals surface area (Å²) < 4.78 is 10.2. The van der Waals surface area contributed by atoms with Crippen molar-refractivity contribution in [2.24, 2.45) is 0 Å². The number of fused-ring (bicyclic) bond motifs is 1. The van der Waals surface area contributed by atoms with E-state index in [1.165, 1.54) is 0 Å². The Balaban J connectivity index is 2.57. The van der Waals surface area contributed by atoms with Gasteiger partial charge in [-0.05, 0) is 11.5 Å². The zero-order valence-electron chi connectivity index (χ0n) is 7.28. The summed E-state index contributed by atoms with van der Waals surface area (Å²) in [5.41, 5.74) is 7.84. The summed E-state index contributed by atoms with van der Waals surface area (Å²) in [7, 11) is 1.90. The molecule has 0 spiro atoms. The Morgan fingerprint density at radius 3 is 3.08 bits per heavy atom. The molecule has 4 nitrogen and oxygen atoms in total. The molecule has 1 aromatic rings. The summed E-state index contributed by atoms with van der Waals surface area (Å²) in [5, 5.41) is 9.37. The van der Waals surface area contributed by atoms with Crippen molar-refractivity contribution in [3.05, 3.63) is 17.7 Å². The molecule has 0 bridgehead atoms. The molecular weight excluding hydrogens is 169 g/mol. The molecule has 2 rings (SSSR count). The van der Waals surface area contributed by atoms with Crippen molar-refractivity contribution in [1.29, 1.82) is 0 Å². The third-order valence-electron chi connectivity index (χ3n) is 2.18. The van der Waals surface area contributed by atoms with Gasteiger partial charge in [-0.1, -0.05) is 6.07 Å². The standard InChI is InChI=1S/C8H10BNO3/c1-12-7-5(10)3-2-4-6(7)9-13-8(4)11/h2-3,8-9,11H,10H2,1H3. The minimum Gasteiger partial charge on any atom is -0.495 e. The summed E-state index contributed by atoms with van der Waals surface area (Å²) >= 11 is 0. The number of hydrogen-bond donors (Lipinski definition) is 2. The Bertz CT molecular complexity index is 342. The fraction of sp³-hybridized carbons (Fsp3) is 0.250. The maximum absolute atomic E-state index is 9.37. The highest BCUT2D eigenvalue weighted by Gasteiger charge is 2.26. The van der Waals surface area contributed by atoms with Gasteiger partial charge in [0.15, 0.2) is 6.29 Å². The maximum atomic E-state index is 9.37. The van der Waals surface area contributed by atoms with Gasteiger partial charge >= 0.3 is 7.48 Å². The first-order valence-electron chi connectivity index (χ1n) is 3.99. The number of nitrogens with two attached hydrogens (primary N) is 1. The van der Waals surface area contributed by atoms with Crippen LogP contribution in [0, 0.1) is 0 Å². The molecule has 13 heavy (non-hydrogen) atoms. The van der Waals surface area contributed by atoms with Gasteiger partial charge in [-0.2, -0.15) is 0 Å². The van der Waals surface area contributed by atoms with Crippen LogP contribution in [-0.4, -0.2) is 19.7 Å². The third kappa shape index (κ3) is 1.17. The van der Waals surface area contributed by atoms with Crippen molar-refractivity contribution in [3.8, 4) is 5.75 Å². The van der Waals surface area contributed by atoms with Gasteiger partial charge in [0.1, 0.15) is 5.75 Å². The van der Waals surface area contributed by atoms with Crippen molar-refractivity contribution in [2.75, 3.05) is 12.8 Å². The summed E-state index contributed by atoms with van der Waals surface area (Å²) in [4.78, 5) is 0. The minimum absolute atomic E-state index is 0.352. The Morgan fingerprint density at radius 2 is 2.38 bits per heavy atom. The number of methoxy groups -OCH3 is 1. The normalized spacial score (nSPS) is 19.4. The number of benzene rings is 1. The van der Waals surface area contributed by atoms with E-state index in [4.69, 9.17) is 15.1 Å². The molecule has 0 saturated heterocycles. The highest BCUT2D eigenvalue weighted by molar-refractivity contribution is 6.50. The quantitative estimate of drug-likeness (QED) is 0.440. The first-order valence-corrected chi connectivity index (χ1v) is 3.99. The lowest BCUT2D eigenvalue weighted by molar-refractivity contribution is -0.00794. The maximum Gasteiger partial charge on any atom is 0.316 e. The van der Waals surface area contributed by atoms with E-state index < -0.39 is 6.29 Å². The fourth-order valence-corrected chi connectivity index (χ4v) is 1.53. The van der Waals surface area contributed by atoms with Gasteiger partial charge in [-0.3, -0.25) is 0 Å². The molecule has 0 amide bonds. The molecule has 1 unspecified atom stereocenters. The van der Waals surface area contributed by atoms with E-state index in [0.29, 0.717) is 18.9 Å². The molecule has 3 N–H and O–H groups in total. The molecule has 1 atom stereocenters. The van der Waals surface area contributed by atoms with E-state index in [2.05, 4.69) is 0 Å². The second kappa shape index (κ2) is 2.94. The van der Waals surface area contributed by atoms with E-state index in [1.807, 2.05) is 0 Å². The molecule has 1 aliphatic heterocycles. The van der Waals surface area contributed by atoms with Crippen LogP contribution >= 0.6 is 0 Å². The number of hydrogen-bond acceptors (Lipinski definition) is 4. The van der Waals surface area contributed by atoms with Crippen LogP contribution in [0.5, 0.6) is 5.75 Å². The van der Waals surface area contributed by atoms with Crippen molar-refractivity contribution in [3.63, 3.8) is 0 Å². The van der Waals surface area contributed by atoms with Gasteiger partial charge in [0, 0.05) is 5.56 Å². The SMILES string of the molecule is COc1c(N)ccc2c1BOC2O. The van der Waals surface area contributed by atoms with Crippen molar-refractivity contribution < 1.29 is 14.5 Å². The monoisotopic (exact) mass is 179 g/mol. The Kier molecular flexibility index (Phi) is 1.90. The lowest BCUT2D eigenvalue weighted by atomic mass is 9.85. The molecular formula is C8H10BNO3. The summed E-state index contributed by atoms with van der Waals surface area (Å²) in [6.45, 7) is 0. The van der Waals surface area contributed by atoms with Gasteiger partial charge < -0.3 is 20.2 Å². The molecule has 0 radical (unpaired) electrons. The Morgan fingerprint density at radius 1 is 1.62 bits per heavy atom. The molecule has 1 aliphatic rings. The van der Waals surface area contributed by atoms with E-state index in [1.54, 1.807) is 19.2 Å². The van der Waals surface area contributed by atoms with Gasteiger partial charge in [-0.25, -0.2) is 0 Å². The van der Waals surface area contributed by atoms with E-state index >= 15 is 0 Å². The van der Waals surface area contributed by atoms with Crippen LogP contribution in [0.3, 0.4) is 0 Å².